The van der Waals surface area contributed by atoms with Crippen LogP contribution in [-0.4, -0.2) is 11.7 Å². The Labute approximate surface area is 118 Å². The highest BCUT2D eigenvalue weighted by Gasteiger charge is 2.11. The molecule has 0 unspecified atom stereocenters. The number of fused-ring (bicyclic) bond motifs is 3. The Bertz CT molecular complexity index is 711. The summed E-state index contributed by atoms with van der Waals surface area (Å²) in [6, 6.07) is 18.2. The molecule has 3 heteroatoms. The molecule has 2 nitrogen and oxygen atoms in total. The summed E-state index contributed by atoms with van der Waals surface area (Å²) in [4.78, 5) is 0. The Balaban J connectivity index is 0.00000133. The lowest BCUT2D eigenvalue weighted by Crippen LogP contribution is -2.14. The Hall–Kier alpha value is -1.61. The van der Waals surface area contributed by atoms with Crippen molar-refractivity contribution in [2.75, 3.05) is 6.61 Å². The minimum atomic E-state index is -0.334. The second-order valence-corrected chi connectivity index (χ2v) is 4.52. The molecule has 0 aromatic heterocycles. The second kappa shape index (κ2) is 5.57. The summed E-state index contributed by atoms with van der Waals surface area (Å²) in [6.07, 6.45) is 0. The Morgan fingerprint density at radius 1 is 0.895 bits per heavy atom. The summed E-state index contributed by atoms with van der Waals surface area (Å²) < 4.78 is 0. The van der Waals surface area contributed by atoms with E-state index in [9.17, 15) is 5.11 Å². The number of aliphatic hydroxyl groups is 1. The van der Waals surface area contributed by atoms with Crippen molar-refractivity contribution in [2.45, 2.75) is 6.04 Å². The summed E-state index contributed by atoms with van der Waals surface area (Å²) >= 11 is 0. The molecular formula is C16H16ClNO. The van der Waals surface area contributed by atoms with Crippen molar-refractivity contribution in [1.29, 1.82) is 0 Å². The molecule has 1 atom stereocenters. The van der Waals surface area contributed by atoms with Gasteiger partial charge < -0.3 is 10.8 Å². The molecule has 3 N–H and O–H groups in total. The number of hydrogen-bond acceptors (Lipinski definition) is 2. The van der Waals surface area contributed by atoms with Crippen LogP contribution >= 0.6 is 12.4 Å². The average Bonchev–Trinajstić information content (AvgIpc) is 2.45. The van der Waals surface area contributed by atoms with Gasteiger partial charge in [0.05, 0.1) is 12.6 Å². The fourth-order valence-electron chi connectivity index (χ4n) is 2.49. The first kappa shape index (κ1) is 13.8. The quantitative estimate of drug-likeness (QED) is 0.703. The van der Waals surface area contributed by atoms with Crippen LogP contribution in [0.3, 0.4) is 0 Å². The van der Waals surface area contributed by atoms with Gasteiger partial charge in [0, 0.05) is 0 Å². The van der Waals surface area contributed by atoms with E-state index in [4.69, 9.17) is 5.73 Å². The third-order valence-electron chi connectivity index (χ3n) is 3.40. The molecular weight excluding hydrogens is 258 g/mol. The van der Waals surface area contributed by atoms with Gasteiger partial charge in [0.15, 0.2) is 0 Å². The first-order valence-corrected chi connectivity index (χ1v) is 6.08. The third kappa shape index (κ3) is 2.30. The summed E-state index contributed by atoms with van der Waals surface area (Å²) in [7, 11) is 0. The fraction of sp³-hybridized carbons (Fsp3) is 0.125. The Kier molecular flexibility index (Phi) is 4.05. The minimum absolute atomic E-state index is 0. The zero-order valence-corrected chi connectivity index (χ0v) is 11.2. The molecule has 0 bridgehead atoms. The molecule has 0 spiro atoms. The van der Waals surface area contributed by atoms with Crippen molar-refractivity contribution in [1.82, 2.24) is 0 Å². The van der Waals surface area contributed by atoms with Crippen LogP contribution in [0.2, 0.25) is 0 Å². The zero-order chi connectivity index (χ0) is 12.5. The van der Waals surface area contributed by atoms with E-state index in [1.54, 1.807) is 0 Å². The number of aliphatic hydroxyl groups excluding tert-OH is 1. The number of nitrogens with two attached hydrogens (primary N) is 1. The summed E-state index contributed by atoms with van der Waals surface area (Å²) in [5.41, 5.74) is 7.01. The van der Waals surface area contributed by atoms with E-state index in [1.165, 1.54) is 10.8 Å². The minimum Gasteiger partial charge on any atom is -0.394 e. The fourth-order valence-corrected chi connectivity index (χ4v) is 2.49. The van der Waals surface area contributed by atoms with E-state index < -0.39 is 0 Å². The van der Waals surface area contributed by atoms with Crippen LogP contribution in [-0.2, 0) is 0 Å². The van der Waals surface area contributed by atoms with Crippen LogP contribution in [0.15, 0.2) is 54.6 Å². The molecule has 98 valence electrons. The standard InChI is InChI=1S/C16H15NO.ClH/c17-16(10-18)15-9-11-5-1-2-6-12(11)13-7-3-4-8-14(13)15;/h1-9,16,18H,10,17H2;1H/t16-;/m1./s1. The molecule has 3 aromatic carbocycles. The van der Waals surface area contributed by atoms with Crippen LogP contribution in [0.4, 0.5) is 0 Å². The third-order valence-corrected chi connectivity index (χ3v) is 3.40. The predicted octanol–water partition coefficient (Wildman–Crippen LogP) is 3.41. The van der Waals surface area contributed by atoms with Gasteiger partial charge in [0.2, 0.25) is 0 Å². The molecule has 0 aliphatic carbocycles. The van der Waals surface area contributed by atoms with Crippen LogP contribution in [0.1, 0.15) is 11.6 Å². The topological polar surface area (TPSA) is 46.2 Å². The lowest BCUT2D eigenvalue weighted by atomic mass is 9.94. The largest absolute Gasteiger partial charge is 0.394 e. The number of rotatable bonds is 2. The van der Waals surface area contributed by atoms with Gasteiger partial charge >= 0.3 is 0 Å². The second-order valence-electron chi connectivity index (χ2n) is 4.52. The molecule has 0 amide bonds. The number of benzene rings is 3. The monoisotopic (exact) mass is 273 g/mol. The van der Waals surface area contributed by atoms with Crippen LogP contribution in [0, 0.1) is 0 Å². The molecule has 3 rings (SSSR count). The average molecular weight is 274 g/mol. The number of hydrogen-bond donors (Lipinski definition) is 2. The Morgan fingerprint density at radius 2 is 1.47 bits per heavy atom. The van der Waals surface area contributed by atoms with Gasteiger partial charge in [-0.3, -0.25) is 0 Å². The maximum absolute atomic E-state index is 9.29. The van der Waals surface area contributed by atoms with E-state index >= 15 is 0 Å². The van der Waals surface area contributed by atoms with Gasteiger partial charge in [-0.1, -0.05) is 48.5 Å². The van der Waals surface area contributed by atoms with Crippen LogP contribution in [0.5, 0.6) is 0 Å². The van der Waals surface area contributed by atoms with Gasteiger partial charge in [-0.25, -0.2) is 0 Å². The maximum atomic E-state index is 9.29. The van der Waals surface area contributed by atoms with E-state index in [-0.39, 0.29) is 25.1 Å². The molecule has 0 aliphatic heterocycles. The van der Waals surface area contributed by atoms with Gasteiger partial charge in [-0.15, -0.1) is 12.4 Å². The molecule has 19 heavy (non-hydrogen) atoms. The lowest BCUT2D eigenvalue weighted by Gasteiger charge is -2.14. The molecule has 0 saturated carbocycles. The van der Waals surface area contributed by atoms with Gasteiger partial charge in [-0.05, 0) is 33.2 Å². The van der Waals surface area contributed by atoms with E-state index in [2.05, 4.69) is 30.3 Å². The van der Waals surface area contributed by atoms with Gasteiger partial charge in [0.25, 0.3) is 0 Å². The van der Waals surface area contributed by atoms with E-state index in [0.717, 1.165) is 16.3 Å². The van der Waals surface area contributed by atoms with Crippen molar-refractivity contribution in [2.24, 2.45) is 5.73 Å². The molecule has 0 fully saturated rings. The van der Waals surface area contributed by atoms with Crippen molar-refractivity contribution < 1.29 is 5.11 Å². The summed E-state index contributed by atoms with van der Waals surface area (Å²) in [5, 5.41) is 14.0. The van der Waals surface area contributed by atoms with E-state index in [0.29, 0.717) is 0 Å². The first-order chi connectivity index (χ1) is 8.81. The molecule has 0 saturated heterocycles. The predicted molar refractivity (Wildman–Crippen MR) is 82.7 cm³/mol. The van der Waals surface area contributed by atoms with Crippen molar-refractivity contribution in [3.8, 4) is 0 Å². The maximum Gasteiger partial charge on any atom is 0.0624 e. The van der Waals surface area contributed by atoms with Crippen molar-refractivity contribution in [3.63, 3.8) is 0 Å². The molecule has 0 radical (unpaired) electrons. The molecule has 3 aromatic rings. The van der Waals surface area contributed by atoms with Gasteiger partial charge in [0.1, 0.15) is 0 Å². The van der Waals surface area contributed by atoms with Crippen LogP contribution in [0.25, 0.3) is 21.5 Å². The number of halogens is 1. The normalized spacial score (nSPS) is 12.3. The highest BCUT2D eigenvalue weighted by molar-refractivity contribution is 6.09. The summed E-state index contributed by atoms with van der Waals surface area (Å²) in [5.74, 6) is 0. The SMILES string of the molecule is Cl.N[C@H](CO)c1cc2ccccc2c2ccccc12. The Morgan fingerprint density at radius 3 is 2.16 bits per heavy atom. The zero-order valence-electron chi connectivity index (χ0n) is 10.4. The molecule has 0 aliphatic rings. The smallest absolute Gasteiger partial charge is 0.0624 e. The van der Waals surface area contributed by atoms with E-state index in [1.807, 2.05) is 24.3 Å². The van der Waals surface area contributed by atoms with Crippen molar-refractivity contribution >= 4 is 34.0 Å². The highest BCUT2D eigenvalue weighted by atomic mass is 35.5. The lowest BCUT2D eigenvalue weighted by molar-refractivity contribution is 0.268. The summed E-state index contributed by atoms with van der Waals surface area (Å²) in [6.45, 7) is -0.0394. The van der Waals surface area contributed by atoms with Gasteiger partial charge in [-0.2, -0.15) is 0 Å². The molecule has 0 heterocycles. The first-order valence-electron chi connectivity index (χ1n) is 6.08. The highest BCUT2D eigenvalue weighted by Crippen LogP contribution is 2.30. The van der Waals surface area contributed by atoms with Crippen LogP contribution < -0.4 is 5.73 Å². The van der Waals surface area contributed by atoms with Crippen molar-refractivity contribution in [3.05, 3.63) is 60.2 Å².